The first kappa shape index (κ1) is 17.2. The molecule has 0 atom stereocenters. The molecule has 0 aliphatic rings. The second kappa shape index (κ2) is 9.11. The van der Waals surface area contributed by atoms with E-state index in [1.54, 1.807) is 38.5 Å². The lowest BCUT2D eigenvalue weighted by molar-refractivity contribution is 0.0958. The number of para-hydroxylation sites is 2. The molecule has 0 aliphatic carbocycles. The maximum absolute atomic E-state index is 11.9. The van der Waals surface area contributed by atoms with Gasteiger partial charge in [-0.05, 0) is 36.4 Å². The van der Waals surface area contributed by atoms with Crippen molar-refractivity contribution >= 4 is 5.91 Å². The number of hydrogen-bond acceptors (Lipinski definition) is 4. The van der Waals surface area contributed by atoms with Crippen LogP contribution in [0.2, 0.25) is 0 Å². The van der Waals surface area contributed by atoms with Crippen LogP contribution in [0.15, 0.2) is 48.5 Å². The van der Waals surface area contributed by atoms with Crippen LogP contribution < -0.4 is 19.5 Å². The van der Waals surface area contributed by atoms with E-state index in [4.69, 9.17) is 14.2 Å². The number of hydrogen-bond donors (Lipinski definition) is 1. The van der Waals surface area contributed by atoms with Crippen LogP contribution in [-0.2, 0) is 0 Å². The van der Waals surface area contributed by atoms with Gasteiger partial charge in [0.15, 0.2) is 11.5 Å². The Morgan fingerprint density at radius 1 is 0.958 bits per heavy atom. The molecule has 0 heterocycles. The summed E-state index contributed by atoms with van der Waals surface area (Å²) in [5, 5.41) is 2.72. The van der Waals surface area contributed by atoms with E-state index in [0.717, 1.165) is 0 Å². The van der Waals surface area contributed by atoms with Crippen molar-refractivity contribution < 1.29 is 19.0 Å². The maximum Gasteiger partial charge on any atom is 0.252 e. The first-order chi connectivity index (χ1) is 11.7. The van der Waals surface area contributed by atoms with Crippen LogP contribution in [0.5, 0.6) is 17.2 Å². The topological polar surface area (TPSA) is 56.8 Å². The molecule has 2 aromatic rings. The molecule has 24 heavy (non-hydrogen) atoms. The molecule has 5 nitrogen and oxygen atoms in total. The molecule has 1 amide bonds. The van der Waals surface area contributed by atoms with Crippen LogP contribution in [0.4, 0.5) is 0 Å². The first-order valence-electron chi connectivity index (χ1n) is 7.38. The number of benzene rings is 2. The monoisotopic (exact) mass is 325 g/mol. The third-order valence-corrected chi connectivity index (χ3v) is 3.18. The van der Waals surface area contributed by atoms with Gasteiger partial charge in [-0.3, -0.25) is 4.79 Å². The van der Waals surface area contributed by atoms with Gasteiger partial charge in [-0.1, -0.05) is 24.0 Å². The highest BCUT2D eigenvalue weighted by atomic mass is 16.5. The number of nitrogens with one attached hydrogen (secondary N) is 1. The van der Waals surface area contributed by atoms with E-state index in [1.165, 1.54) is 0 Å². The van der Waals surface area contributed by atoms with Gasteiger partial charge in [0.05, 0.1) is 20.8 Å². The Hall–Kier alpha value is -3.13. The smallest absolute Gasteiger partial charge is 0.252 e. The lowest BCUT2D eigenvalue weighted by atomic mass is 10.2. The van der Waals surface area contributed by atoms with Crippen molar-refractivity contribution in [2.45, 2.75) is 0 Å². The highest BCUT2D eigenvalue weighted by Gasteiger charge is 2.03. The van der Waals surface area contributed by atoms with Gasteiger partial charge in [0.2, 0.25) is 0 Å². The van der Waals surface area contributed by atoms with E-state index >= 15 is 0 Å². The zero-order chi connectivity index (χ0) is 17.2. The molecule has 1 N–H and O–H groups in total. The molecular weight excluding hydrogens is 306 g/mol. The minimum Gasteiger partial charge on any atom is -0.497 e. The zero-order valence-corrected chi connectivity index (χ0v) is 13.7. The summed E-state index contributed by atoms with van der Waals surface area (Å²) in [5.74, 6) is 7.51. The highest BCUT2D eigenvalue weighted by Crippen LogP contribution is 2.25. The largest absolute Gasteiger partial charge is 0.497 e. The van der Waals surface area contributed by atoms with Gasteiger partial charge in [-0.25, -0.2) is 0 Å². The summed E-state index contributed by atoms with van der Waals surface area (Å²) in [6.45, 7) is 0.471. The van der Waals surface area contributed by atoms with Crippen LogP contribution in [0.3, 0.4) is 0 Å². The fourth-order valence-electron chi connectivity index (χ4n) is 1.93. The predicted octanol–water partition coefficient (Wildman–Crippen LogP) is 2.52. The van der Waals surface area contributed by atoms with Crippen molar-refractivity contribution in [3.8, 4) is 29.1 Å². The van der Waals surface area contributed by atoms with E-state index in [2.05, 4.69) is 17.2 Å². The Bertz CT molecular complexity index is 729. The molecule has 2 rings (SSSR count). The second-order valence-corrected chi connectivity index (χ2v) is 4.70. The van der Waals surface area contributed by atoms with Crippen molar-refractivity contribution in [3.63, 3.8) is 0 Å². The average molecular weight is 325 g/mol. The summed E-state index contributed by atoms with van der Waals surface area (Å²) in [4.78, 5) is 11.9. The Kier molecular flexibility index (Phi) is 6.54. The van der Waals surface area contributed by atoms with Crippen LogP contribution in [0.25, 0.3) is 0 Å². The summed E-state index contributed by atoms with van der Waals surface area (Å²) in [6.07, 6.45) is 0. The van der Waals surface area contributed by atoms with Crippen molar-refractivity contribution in [3.05, 3.63) is 54.1 Å². The molecule has 0 radical (unpaired) electrons. The fourth-order valence-corrected chi connectivity index (χ4v) is 1.93. The third-order valence-electron chi connectivity index (χ3n) is 3.18. The number of rotatable bonds is 6. The molecule has 5 heteroatoms. The molecule has 0 aromatic heterocycles. The van der Waals surface area contributed by atoms with E-state index in [1.807, 2.05) is 24.3 Å². The van der Waals surface area contributed by atoms with E-state index in [-0.39, 0.29) is 19.1 Å². The molecule has 124 valence electrons. The van der Waals surface area contributed by atoms with E-state index < -0.39 is 0 Å². The SMILES string of the molecule is COc1ccc(C(=O)NCC#CCOc2ccccc2OC)cc1. The van der Waals surface area contributed by atoms with Gasteiger partial charge in [-0.2, -0.15) is 0 Å². The molecule has 0 spiro atoms. The summed E-state index contributed by atoms with van der Waals surface area (Å²) in [6, 6.07) is 14.2. The van der Waals surface area contributed by atoms with Gasteiger partial charge < -0.3 is 19.5 Å². The molecule has 0 saturated heterocycles. The quantitative estimate of drug-likeness (QED) is 0.829. The second-order valence-electron chi connectivity index (χ2n) is 4.70. The van der Waals surface area contributed by atoms with Crippen LogP contribution >= 0.6 is 0 Å². The molecule has 0 saturated carbocycles. The minimum atomic E-state index is -0.183. The number of methoxy groups -OCH3 is 2. The molecule has 0 aliphatic heterocycles. The van der Waals surface area contributed by atoms with Gasteiger partial charge in [-0.15, -0.1) is 0 Å². The highest BCUT2D eigenvalue weighted by molar-refractivity contribution is 5.94. The predicted molar refractivity (Wildman–Crippen MR) is 91.6 cm³/mol. The first-order valence-corrected chi connectivity index (χ1v) is 7.38. The van der Waals surface area contributed by atoms with E-state index in [9.17, 15) is 4.79 Å². The van der Waals surface area contributed by atoms with Crippen molar-refractivity contribution in [2.75, 3.05) is 27.4 Å². The van der Waals surface area contributed by atoms with Crippen LogP contribution in [-0.4, -0.2) is 33.3 Å². The molecule has 2 aromatic carbocycles. The standard InChI is InChI=1S/C19H19NO4/c1-22-16-11-9-15(10-12-16)19(21)20-13-5-6-14-24-18-8-4-3-7-17(18)23-2/h3-4,7-12H,13-14H2,1-2H3,(H,20,21). The molecule has 0 unspecified atom stereocenters. The Morgan fingerprint density at radius 2 is 1.67 bits per heavy atom. The van der Waals surface area contributed by atoms with Gasteiger partial charge in [0.1, 0.15) is 12.4 Å². The Labute approximate surface area is 141 Å². The van der Waals surface area contributed by atoms with Crippen LogP contribution in [0, 0.1) is 11.8 Å². The zero-order valence-electron chi connectivity index (χ0n) is 13.7. The fraction of sp³-hybridized carbons (Fsp3) is 0.211. The summed E-state index contributed by atoms with van der Waals surface area (Å²) in [7, 11) is 3.17. The number of ether oxygens (including phenoxy) is 3. The average Bonchev–Trinajstić information content (AvgIpc) is 2.64. The molecular formula is C19H19NO4. The lowest BCUT2D eigenvalue weighted by Gasteiger charge is -2.07. The maximum atomic E-state index is 11.9. The van der Waals surface area contributed by atoms with E-state index in [0.29, 0.717) is 22.8 Å². The van der Waals surface area contributed by atoms with Crippen molar-refractivity contribution in [2.24, 2.45) is 0 Å². The Balaban J connectivity index is 1.76. The van der Waals surface area contributed by atoms with Gasteiger partial charge in [0.25, 0.3) is 5.91 Å². The van der Waals surface area contributed by atoms with Crippen molar-refractivity contribution in [1.82, 2.24) is 5.32 Å². The van der Waals surface area contributed by atoms with Gasteiger partial charge in [0, 0.05) is 5.56 Å². The summed E-state index contributed by atoms with van der Waals surface area (Å²) in [5.41, 5.74) is 0.558. The van der Waals surface area contributed by atoms with Gasteiger partial charge >= 0.3 is 0 Å². The lowest BCUT2D eigenvalue weighted by Crippen LogP contribution is -2.23. The summed E-state index contributed by atoms with van der Waals surface area (Å²) < 4.78 is 15.8. The summed E-state index contributed by atoms with van der Waals surface area (Å²) >= 11 is 0. The normalized spacial score (nSPS) is 9.42. The molecule has 0 fully saturated rings. The number of carbonyl (C=O) groups is 1. The Morgan fingerprint density at radius 3 is 2.33 bits per heavy atom. The van der Waals surface area contributed by atoms with Crippen molar-refractivity contribution in [1.29, 1.82) is 0 Å². The van der Waals surface area contributed by atoms with Crippen LogP contribution in [0.1, 0.15) is 10.4 Å². The number of carbonyl (C=O) groups excluding carboxylic acids is 1. The minimum absolute atomic E-state index is 0.183. The third kappa shape index (κ3) is 4.96. The molecule has 0 bridgehead atoms. The number of amides is 1.